The Kier molecular flexibility index (Phi) is 3.56. The maximum Gasteiger partial charge on any atom is 0.127 e. The quantitative estimate of drug-likeness (QED) is 0.912. The number of aryl methyl sites for hydroxylation is 1. The molecule has 2 unspecified atom stereocenters. The number of rotatable bonds is 3. The number of para-hydroxylation sites is 2. The highest BCUT2D eigenvalue weighted by Gasteiger charge is 2.25. The molecule has 1 saturated heterocycles. The first-order valence-corrected chi connectivity index (χ1v) is 7.52. The van der Waals surface area contributed by atoms with Gasteiger partial charge in [0.25, 0.3) is 0 Å². The van der Waals surface area contributed by atoms with Crippen molar-refractivity contribution >= 4 is 11.0 Å². The molecule has 0 spiro atoms. The van der Waals surface area contributed by atoms with Crippen LogP contribution in [0.4, 0.5) is 0 Å². The molecule has 1 aliphatic rings. The van der Waals surface area contributed by atoms with E-state index in [1.807, 2.05) is 0 Å². The Morgan fingerprint density at radius 2 is 2.16 bits per heavy atom. The molecule has 19 heavy (non-hydrogen) atoms. The molecule has 0 bridgehead atoms. The second kappa shape index (κ2) is 5.33. The lowest BCUT2D eigenvalue weighted by Crippen LogP contribution is -2.33. The molecule has 2 atom stereocenters. The van der Waals surface area contributed by atoms with Crippen LogP contribution in [0, 0.1) is 5.92 Å². The first kappa shape index (κ1) is 12.7. The molecule has 0 saturated carbocycles. The number of hydrogen-bond acceptors (Lipinski definition) is 2. The van der Waals surface area contributed by atoms with Crippen LogP contribution in [-0.2, 0) is 6.54 Å². The van der Waals surface area contributed by atoms with Gasteiger partial charge in [-0.2, -0.15) is 0 Å². The van der Waals surface area contributed by atoms with Crippen LogP contribution in [0.15, 0.2) is 24.3 Å². The molecule has 3 rings (SSSR count). The maximum atomic E-state index is 4.88. The average Bonchev–Trinajstić information content (AvgIpc) is 2.86. The van der Waals surface area contributed by atoms with Gasteiger partial charge in [0.1, 0.15) is 5.82 Å². The van der Waals surface area contributed by atoms with Gasteiger partial charge in [0, 0.05) is 6.54 Å². The summed E-state index contributed by atoms with van der Waals surface area (Å²) in [5.41, 5.74) is 2.39. The van der Waals surface area contributed by atoms with E-state index in [-0.39, 0.29) is 0 Å². The summed E-state index contributed by atoms with van der Waals surface area (Å²) in [5, 5.41) is 3.65. The molecular formula is C16H23N3. The van der Waals surface area contributed by atoms with Crippen molar-refractivity contribution in [2.24, 2.45) is 5.92 Å². The predicted molar refractivity (Wildman–Crippen MR) is 79.2 cm³/mol. The SMILES string of the molecule is CCC1CCNC(c2nc3ccccc3n2CC)C1. The van der Waals surface area contributed by atoms with Gasteiger partial charge in [0.2, 0.25) is 0 Å². The van der Waals surface area contributed by atoms with Gasteiger partial charge in [0.15, 0.2) is 0 Å². The third-order valence-corrected chi connectivity index (χ3v) is 4.40. The van der Waals surface area contributed by atoms with Crippen molar-refractivity contribution in [1.82, 2.24) is 14.9 Å². The molecule has 1 aromatic carbocycles. The predicted octanol–water partition coefficient (Wildman–Crippen LogP) is 3.51. The van der Waals surface area contributed by atoms with E-state index >= 15 is 0 Å². The number of nitrogens with one attached hydrogen (secondary N) is 1. The first-order valence-electron chi connectivity index (χ1n) is 7.52. The molecule has 1 fully saturated rings. The lowest BCUT2D eigenvalue weighted by Gasteiger charge is -2.29. The Morgan fingerprint density at radius 3 is 2.95 bits per heavy atom. The number of benzene rings is 1. The molecule has 0 radical (unpaired) electrons. The fourth-order valence-corrected chi connectivity index (χ4v) is 3.26. The maximum absolute atomic E-state index is 4.88. The third-order valence-electron chi connectivity index (χ3n) is 4.40. The summed E-state index contributed by atoms with van der Waals surface area (Å²) < 4.78 is 2.37. The molecule has 102 valence electrons. The lowest BCUT2D eigenvalue weighted by molar-refractivity contribution is 0.287. The highest BCUT2D eigenvalue weighted by atomic mass is 15.1. The van der Waals surface area contributed by atoms with E-state index in [4.69, 9.17) is 4.98 Å². The van der Waals surface area contributed by atoms with E-state index in [0.717, 1.165) is 24.5 Å². The van der Waals surface area contributed by atoms with Crippen LogP contribution in [0.5, 0.6) is 0 Å². The van der Waals surface area contributed by atoms with E-state index in [2.05, 4.69) is 48.0 Å². The summed E-state index contributed by atoms with van der Waals surface area (Å²) in [5.74, 6) is 2.07. The summed E-state index contributed by atoms with van der Waals surface area (Å²) >= 11 is 0. The van der Waals surface area contributed by atoms with E-state index < -0.39 is 0 Å². The largest absolute Gasteiger partial charge is 0.327 e. The number of nitrogens with zero attached hydrogens (tertiary/aromatic N) is 2. The molecule has 3 heteroatoms. The zero-order valence-electron chi connectivity index (χ0n) is 11.9. The first-order chi connectivity index (χ1) is 9.33. The zero-order chi connectivity index (χ0) is 13.2. The highest BCUT2D eigenvalue weighted by molar-refractivity contribution is 5.76. The van der Waals surface area contributed by atoms with Gasteiger partial charge in [0.05, 0.1) is 17.1 Å². The van der Waals surface area contributed by atoms with Crippen LogP contribution in [0.1, 0.15) is 45.0 Å². The van der Waals surface area contributed by atoms with Gasteiger partial charge in [-0.25, -0.2) is 4.98 Å². The van der Waals surface area contributed by atoms with Crippen LogP contribution in [-0.4, -0.2) is 16.1 Å². The summed E-state index contributed by atoms with van der Waals surface area (Å²) in [7, 11) is 0. The molecule has 1 aromatic heterocycles. The van der Waals surface area contributed by atoms with Crippen molar-refractivity contribution in [1.29, 1.82) is 0 Å². The Bertz CT molecular complexity index is 558. The van der Waals surface area contributed by atoms with Gasteiger partial charge in [-0.1, -0.05) is 25.5 Å². The van der Waals surface area contributed by atoms with Crippen molar-refractivity contribution < 1.29 is 0 Å². The van der Waals surface area contributed by atoms with Gasteiger partial charge in [-0.3, -0.25) is 0 Å². The number of hydrogen-bond donors (Lipinski definition) is 1. The minimum absolute atomic E-state index is 0.422. The van der Waals surface area contributed by atoms with Crippen LogP contribution in [0.3, 0.4) is 0 Å². The van der Waals surface area contributed by atoms with E-state index in [0.29, 0.717) is 6.04 Å². The summed E-state index contributed by atoms with van der Waals surface area (Å²) in [6.07, 6.45) is 3.81. The molecule has 0 amide bonds. The Labute approximate surface area is 115 Å². The Balaban J connectivity index is 1.99. The number of fused-ring (bicyclic) bond motifs is 1. The summed E-state index contributed by atoms with van der Waals surface area (Å²) in [6.45, 7) is 6.62. The zero-order valence-corrected chi connectivity index (χ0v) is 11.9. The van der Waals surface area contributed by atoms with E-state index in [9.17, 15) is 0 Å². The third kappa shape index (κ3) is 2.27. The molecule has 2 aromatic rings. The van der Waals surface area contributed by atoms with Gasteiger partial charge in [-0.15, -0.1) is 0 Å². The Morgan fingerprint density at radius 1 is 1.32 bits per heavy atom. The molecule has 0 aliphatic carbocycles. The van der Waals surface area contributed by atoms with Gasteiger partial charge < -0.3 is 9.88 Å². The summed E-state index contributed by atoms with van der Waals surface area (Å²) in [4.78, 5) is 4.88. The topological polar surface area (TPSA) is 29.9 Å². The second-order valence-electron chi connectivity index (χ2n) is 5.51. The van der Waals surface area contributed by atoms with E-state index in [1.54, 1.807) is 0 Å². The minimum Gasteiger partial charge on any atom is -0.327 e. The van der Waals surface area contributed by atoms with E-state index in [1.165, 1.54) is 30.6 Å². The Hall–Kier alpha value is -1.35. The molecular weight excluding hydrogens is 234 g/mol. The highest BCUT2D eigenvalue weighted by Crippen LogP contribution is 2.30. The van der Waals surface area contributed by atoms with Crippen LogP contribution in [0.25, 0.3) is 11.0 Å². The van der Waals surface area contributed by atoms with Crippen LogP contribution < -0.4 is 5.32 Å². The number of imidazole rings is 1. The summed E-state index contributed by atoms with van der Waals surface area (Å²) in [6, 6.07) is 8.89. The number of aromatic nitrogens is 2. The lowest BCUT2D eigenvalue weighted by atomic mass is 9.90. The average molecular weight is 257 g/mol. The van der Waals surface area contributed by atoms with Crippen LogP contribution >= 0.6 is 0 Å². The van der Waals surface area contributed by atoms with Gasteiger partial charge >= 0.3 is 0 Å². The van der Waals surface area contributed by atoms with Crippen molar-refractivity contribution in [3.63, 3.8) is 0 Å². The molecule has 1 aliphatic heterocycles. The monoisotopic (exact) mass is 257 g/mol. The normalized spacial score (nSPS) is 23.9. The van der Waals surface area contributed by atoms with Crippen molar-refractivity contribution in [2.75, 3.05) is 6.54 Å². The van der Waals surface area contributed by atoms with Crippen molar-refractivity contribution in [3.05, 3.63) is 30.1 Å². The molecule has 2 heterocycles. The molecule has 3 nitrogen and oxygen atoms in total. The van der Waals surface area contributed by atoms with Crippen molar-refractivity contribution in [3.8, 4) is 0 Å². The fraction of sp³-hybridized carbons (Fsp3) is 0.562. The smallest absolute Gasteiger partial charge is 0.127 e. The minimum atomic E-state index is 0.422. The van der Waals surface area contributed by atoms with Crippen LogP contribution in [0.2, 0.25) is 0 Å². The number of piperidine rings is 1. The standard InChI is InChI=1S/C16H23N3/c1-3-12-9-10-17-14(11-12)16-18-13-7-5-6-8-15(13)19(16)4-2/h5-8,12,14,17H,3-4,9-11H2,1-2H3. The van der Waals surface area contributed by atoms with Gasteiger partial charge in [-0.05, 0) is 44.4 Å². The van der Waals surface area contributed by atoms with Crippen molar-refractivity contribution in [2.45, 2.75) is 45.7 Å². The molecule has 1 N–H and O–H groups in total. The fourth-order valence-electron chi connectivity index (χ4n) is 3.26. The second-order valence-corrected chi connectivity index (χ2v) is 5.51.